The largest absolute Gasteiger partial charge is 0.351 e. The number of alkyl halides is 1. The number of hydrogen-bond donors (Lipinski definition) is 1. The van der Waals surface area contributed by atoms with Crippen molar-refractivity contribution in [3.05, 3.63) is 34.6 Å². The molecule has 0 aliphatic carbocycles. The SMILES string of the molecule is CC(C)(CCCl)CNC(=O)c1cccc(Cl)c1F. The topological polar surface area (TPSA) is 29.1 Å². The van der Waals surface area contributed by atoms with Gasteiger partial charge >= 0.3 is 0 Å². The van der Waals surface area contributed by atoms with E-state index in [1.807, 2.05) is 13.8 Å². The zero-order chi connectivity index (χ0) is 13.8. The summed E-state index contributed by atoms with van der Waals surface area (Å²) in [5.74, 6) is -0.626. The van der Waals surface area contributed by atoms with E-state index < -0.39 is 11.7 Å². The summed E-state index contributed by atoms with van der Waals surface area (Å²) in [6.45, 7) is 4.42. The number of hydrogen-bond acceptors (Lipinski definition) is 1. The number of carbonyl (C=O) groups is 1. The lowest BCUT2D eigenvalue weighted by atomic mass is 9.90. The second-order valence-corrected chi connectivity index (χ2v) is 5.67. The molecule has 2 nitrogen and oxygen atoms in total. The van der Waals surface area contributed by atoms with Gasteiger partial charge in [-0.15, -0.1) is 11.6 Å². The molecular weight excluding hydrogens is 276 g/mol. The van der Waals surface area contributed by atoms with Crippen LogP contribution in [0.15, 0.2) is 18.2 Å². The molecule has 1 N–H and O–H groups in total. The van der Waals surface area contributed by atoms with E-state index in [1.165, 1.54) is 12.1 Å². The van der Waals surface area contributed by atoms with Crippen molar-refractivity contribution in [3.8, 4) is 0 Å². The molecule has 0 bridgehead atoms. The molecule has 0 saturated carbocycles. The molecule has 0 spiro atoms. The van der Waals surface area contributed by atoms with Crippen molar-refractivity contribution in [2.75, 3.05) is 12.4 Å². The predicted octanol–water partition coefficient (Wildman–Crippen LogP) is 3.86. The molecule has 0 atom stereocenters. The fraction of sp³-hybridized carbons (Fsp3) is 0.462. The Morgan fingerprint density at radius 1 is 1.44 bits per heavy atom. The highest BCUT2D eigenvalue weighted by molar-refractivity contribution is 6.31. The average molecular weight is 292 g/mol. The van der Waals surface area contributed by atoms with Crippen molar-refractivity contribution in [1.82, 2.24) is 5.32 Å². The lowest BCUT2D eigenvalue weighted by molar-refractivity contribution is 0.0932. The van der Waals surface area contributed by atoms with Gasteiger partial charge in [0.2, 0.25) is 0 Å². The van der Waals surface area contributed by atoms with Crippen molar-refractivity contribution in [2.24, 2.45) is 5.41 Å². The molecule has 1 aromatic rings. The highest BCUT2D eigenvalue weighted by Gasteiger charge is 2.20. The molecule has 0 fully saturated rings. The van der Waals surface area contributed by atoms with Crippen LogP contribution in [0.1, 0.15) is 30.6 Å². The van der Waals surface area contributed by atoms with Crippen molar-refractivity contribution in [1.29, 1.82) is 0 Å². The van der Waals surface area contributed by atoms with Crippen LogP contribution in [-0.2, 0) is 0 Å². The van der Waals surface area contributed by atoms with Crippen LogP contribution in [0.25, 0.3) is 0 Å². The first-order chi connectivity index (χ1) is 8.37. The molecule has 0 aromatic heterocycles. The molecule has 1 amide bonds. The Labute approximate surface area is 116 Å². The second-order valence-electron chi connectivity index (χ2n) is 4.89. The molecule has 0 aliphatic heterocycles. The first kappa shape index (κ1) is 15.3. The van der Waals surface area contributed by atoms with Crippen LogP contribution in [0.4, 0.5) is 4.39 Å². The Balaban J connectivity index is 2.69. The Morgan fingerprint density at radius 3 is 2.72 bits per heavy atom. The summed E-state index contributed by atoms with van der Waals surface area (Å²) < 4.78 is 13.6. The van der Waals surface area contributed by atoms with Gasteiger partial charge < -0.3 is 5.32 Å². The highest BCUT2D eigenvalue weighted by Crippen LogP contribution is 2.21. The molecule has 100 valence electrons. The van der Waals surface area contributed by atoms with Crippen molar-refractivity contribution < 1.29 is 9.18 Å². The summed E-state index contributed by atoms with van der Waals surface area (Å²) in [6.07, 6.45) is 0.771. The number of nitrogens with one attached hydrogen (secondary N) is 1. The van der Waals surface area contributed by atoms with Crippen LogP contribution < -0.4 is 5.32 Å². The summed E-state index contributed by atoms with van der Waals surface area (Å²) in [5.41, 5.74) is -0.156. The smallest absolute Gasteiger partial charge is 0.254 e. The van der Waals surface area contributed by atoms with Crippen LogP contribution in [-0.4, -0.2) is 18.3 Å². The van der Waals surface area contributed by atoms with Gasteiger partial charge in [-0.25, -0.2) is 4.39 Å². The van der Waals surface area contributed by atoms with E-state index in [0.717, 1.165) is 6.42 Å². The lowest BCUT2D eigenvalue weighted by Crippen LogP contribution is -2.34. The van der Waals surface area contributed by atoms with Crippen LogP contribution in [0.2, 0.25) is 5.02 Å². The molecule has 0 unspecified atom stereocenters. The predicted molar refractivity (Wildman–Crippen MR) is 72.9 cm³/mol. The van der Waals surface area contributed by atoms with Crippen LogP contribution in [0.3, 0.4) is 0 Å². The maximum atomic E-state index is 13.6. The Kier molecular flexibility index (Phi) is 5.42. The van der Waals surface area contributed by atoms with Gasteiger partial charge in [-0.05, 0) is 24.0 Å². The normalized spacial score (nSPS) is 11.4. The minimum absolute atomic E-state index is 0.0378. The van der Waals surface area contributed by atoms with Gasteiger partial charge in [-0.2, -0.15) is 0 Å². The van der Waals surface area contributed by atoms with Crippen LogP contribution >= 0.6 is 23.2 Å². The van der Waals surface area contributed by atoms with Gasteiger partial charge in [0.15, 0.2) is 5.82 Å². The van der Waals surface area contributed by atoms with E-state index in [4.69, 9.17) is 23.2 Å². The fourth-order valence-electron chi connectivity index (χ4n) is 1.44. The van der Waals surface area contributed by atoms with Gasteiger partial charge in [0, 0.05) is 12.4 Å². The third-order valence-corrected chi connectivity index (χ3v) is 3.18. The van der Waals surface area contributed by atoms with E-state index in [9.17, 15) is 9.18 Å². The minimum Gasteiger partial charge on any atom is -0.351 e. The fourth-order valence-corrected chi connectivity index (χ4v) is 2.12. The molecule has 1 rings (SSSR count). The monoisotopic (exact) mass is 291 g/mol. The quantitative estimate of drug-likeness (QED) is 0.820. The van der Waals surface area contributed by atoms with Gasteiger partial charge in [0.25, 0.3) is 5.91 Å². The third kappa shape index (κ3) is 4.14. The summed E-state index contributed by atoms with van der Waals surface area (Å²) in [5, 5.41) is 2.64. The summed E-state index contributed by atoms with van der Waals surface area (Å²) in [4.78, 5) is 11.8. The van der Waals surface area contributed by atoms with Gasteiger partial charge in [-0.1, -0.05) is 31.5 Å². The molecule has 18 heavy (non-hydrogen) atoms. The summed E-state index contributed by atoms with van der Waals surface area (Å²) in [7, 11) is 0. The Morgan fingerprint density at radius 2 is 2.11 bits per heavy atom. The van der Waals surface area contributed by atoms with Crippen LogP contribution in [0, 0.1) is 11.2 Å². The number of halogens is 3. The van der Waals surface area contributed by atoms with E-state index in [2.05, 4.69) is 5.32 Å². The Hall–Kier alpha value is -0.800. The average Bonchev–Trinajstić information content (AvgIpc) is 2.30. The van der Waals surface area contributed by atoms with E-state index in [1.54, 1.807) is 6.07 Å². The zero-order valence-electron chi connectivity index (χ0n) is 10.4. The standard InChI is InChI=1S/C13H16Cl2FNO/c1-13(2,6-7-14)8-17-12(18)9-4-3-5-10(15)11(9)16/h3-5H,6-8H2,1-2H3,(H,17,18). The van der Waals surface area contributed by atoms with Crippen LogP contribution in [0.5, 0.6) is 0 Å². The van der Waals surface area contributed by atoms with Gasteiger partial charge in [0.1, 0.15) is 0 Å². The Bertz CT molecular complexity index is 435. The summed E-state index contributed by atoms with van der Waals surface area (Å²) >= 11 is 11.3. The number of benzene rings is 1. The first-order valence-electron chi connectivity index (χ1n) is 5.65. The van der Waals surface area contributed by atoms with E-state index in [0.29, 0.717) is 12.4 Å². The summed E-state index contributed by atoms with van der Waals surface area (Å²) in [6, 6.07) is 4.36. The highest BCUT2D eigenvalue weighted by atomic mass is 35.5. The number of carbonyl (C=O) groups excluding carboxylic acids is 1. The maximum absolute atomic E-state index is 13.6. The first-order valence-corrected chi connectivity index (χ1v) is 6.57. The van der Waals surface area contributed by atoms with Crippen molar-refractivity contribution in [3.63, 3.8) is 0 Å². The number of amides is 1. The van der Waals surface area contributed by atoms with Crippen molar-refractivity contribution in [2.45, 2.75) is 20.3 Å². The third-order valence-electron chi connectivity index (χ3n) is 2.69. The molecular formula is C13H16Cl2FNO. The van der Waals surface area contributed by atoms with Crippen molar-refractivity contribution >= 4 is 29.1 Å². The zero-order valence-corrected chi connectivity index (χ0v) is 11.9. The van der Waals surface area contributed by atoms with Gasteiger partial charge in [0.05, 0.1) is 10.6 Å². The molecule has 0 saturated heterocycles. The van der Waals surface area contributed by atoms with E-state index >= 15 is 0 Å². The van der Waals surface area contributed by atoms with Gasteiger partial charge in [-0.3, -0.25) is 4.79 Å². The number of rotatable bonds is 5. The minimum atomic E-state index is -0.688. The second kappa shape index (κ2) is 6.39. The molecule has 1 aromatic carbocycles. The lowest BCUT2D eigenvalue weighted by Gasteiger charge is -2.23. The molecule has 0 aliphatic rings. The molecule has 0 heterocycles. The molecule has 0 radical (unpaired) electrons. The van der Waals surface area contributed by atoms with E-state index in [-0.39, 0.29) is 16.0 Å². The maximum Gasteiger partial charge on any atom is 0.254 e. The molecule has 5 heteroatoms.